The molecule has 0 aromatic heterocycles. The zero-order valence-electron chi connectivity index (χ0n) is 16.7. The molecule has 146 valence electrons. The Kier molecular flexibility index (Phi) is 5.17. The van der Waals surface area contributed by atoms with Crippen LogP contribution in [-0.2, 0) is 4.79 Å². The Morgan fingerprint density at radius 3 is 2.24 bits per heavy atom. The Labute approximate surface area is 171 Å². The molecule has 1 aliphatic heterocycles. The molecule has 1 saturated heterocycles. The molecular weight excluding hydrogens is 360 g/mol. The van der Waals surface area contributed by atoms with Gasteiger partial charge in [-0.05, 0) is 37.6 Å². The maximum absolute atomic E-state index is 13.2. The second-order valence-electron chi connectivity index (χ2n) is 7.41. The molecule has 4 rings (SSSR count). The lowest BCUT2D eigenvalue weighted by Gasteiger charge is -2.39. The number of benzene rings is 3. The van der Waals surface area contributed by atoms with E-state index in [1.54, 1.807) is 4.90 Å². The Bertz CT molecular complexity index is 1030. The summed E-state index contributed by atoms with van der Waals surface area (Å²) in [6.07, 6.45) is 0. The minimum Gasteiger partial charge on any atom is -0.325 e. The second-order valence-corrected chi connectivity index (χ2v) is 7.41. The first kappa shape index (κ1) is 18.9. The highest BCUT2D eigenvalue weighted by molar-refractivity contribution is 6.05. The van der Waals surface area contributed by atoms with Crippen LogP contribution in [0.3, 0.4) is 0 Å². The second kappa shape index (κ2) is 7.92. The van der Waals surface area contributed by atoms with Gasteiger partial charge in [0, 0.05) is 24.2 Å². The number of carbonyl (C=O) groups excluding carboxylic acids is 2. The molecule has 3 aromatic carbocycles. The summed E-state index contributed by atoms with van der Waals surface area (Å²) >= 11 is 0. The molecule has 0 saturated carbocycles. The van der Waals surface area contributed by atoms with Crippen LogP contribution in [0.25, 0.3) is 11.1 Å². The van der Waals surface area contributed by atoms with E-state index in [0.29, 0.717) is 18.7 Å². The first-order chi connectivity index (χ1) is 14.1. The maximum Gasteiger partial charge on any atom is 0.254 e. The smallest absolute Gasteiger partial charge is 0.254 e. The topological polar surface area (TPSA) is 40.6 Å². The van der Waals surface area contributed by atoms with Gasteiger partial charge in [-0.2, -0.15) is 0 Å². The van der Waals surface area contributed by atoms with E-state index < -0.39 is 6.04 Å². The highest BCUT2D eigenvalue weighted by Gasteiger charge is 2.36. The van der Waals surface area contributed by atoms with Gasteiger partial charge in [-0.1, -0.05) is 66.2 Å². The molecule has 4 nitrogen and oxygen atoms in total. The fourth-order valence-corrected chi connectivity index (χ4v) is 3.82. The number of amides is 2. The predicted octanol–water partition coefficient (Wildman–Crippen LogP) is 4.54. The van der Waals surface area contributed by atoms with E-state index in [2.05, 4.69) is 0 Å². The Morgan fingerprint density at radius 2 is 1.52 bits per heavy atom. The summed E-state index contributed by atoms with van der Waals surface area (Å²) in [5.41, 5.74) is 4.70. The van der Waals surface area contributed by atoms with Gasteiger partial charge in [-0.15, -0.1) is 0 Å². The zero-order valence-corrected chi connectivity index (χ0v) is 16.7. The van der Waals surface area contributed by atoms with Gasteiger partial charge in [-0.25, -0.2) is 0 Å². The van der Waals surface area contributed by atoms with Crippen LogP contribution in [0.2, 0.25) is 0 Å². The van der Waals surface area contributed by atoms with Crippen molar-refractivity contribution in [3.63, 3.8) is 0 Å². The summed E-state index contributed by atoms with van der Waals surface area (Å²) in [5, 5.41) is 0. The van der Waals surface area contributed by atoms with E-state index in [1.807, 2.05) is 97.6 Å². The van der Waals surface area contributed by atoms with Crippen molar-refractivity contribution in [2.45, 2.75) is 19.9 Å². The van der Waals surface area contributed by atoms with Crippen molar-refractivity contribution in [3.05, 3.63) is 90.0 Å². The minimum atomic E-state index is -0.513. The third kappa shape index (κ3) is 3.66. The highest BCUT2D eigenvalue weighted by atomic mass is 16.2. The molecular formula is C25H24N2O2. The lowest BCUT2D eigenvalue weighted by atomic mass is 10.0. The van der Waals surface area contributed by atoms with E-state index in [1.165, 1.54) is 0 Å². The molecule has 1 atom stereocenters. The minimum absolute atomic E-state index is 0.0555. The lowest BCUT2D eigenvalue weighted by molar-refractivity contribution is -0.124. The monoisotopic (exact) mass is 384 g/mol. The largest absolute Gasteiger partial charge is 0.325 e. The van der Waals surface area contributed by atoms with Crippen LogP contribution < -0.4 is 4.90 Å². The number of rotatable bonds is 3. The SMILES string of the molecule is Cc1ccc(C(=O)N2CCN(c3ccccc3-c3ccccc3)C(=O)[C@@H]2C)cc1. The van der Waals surface area contributed by atoms with Crippen molar-refractivity contribution in [1.82, 2.24) is 4.90 Å². The molecule has 2 amide bonds. The Balaban J connectivity index is 1.60. The molecule has 0 unspecified atom stereocenters. The van der Waals surface area contributed by atoms with Gasteiger partial charge in [0.1, 0.15) is 6.04 Å². The fraction of sp³-hybridized carbons (Fsp3) is 0.200. The average molecular weight is 384 g/mol. The first-order valence-corrected chi connectivity index (χ1v) is 9.90. The van der Waals surface area contributed by atoms with Crippen LogP contribution in [0.15, 0.2) is 78.9 Å². The van der Waals surface area contributed by atoms with Gasteiger partial charge >= 0.3 is 0 Å². The number of carbonyl (C=O) groups is 2. The van der Waals surface area contributed by atoms with E-state index in [4.69, 9.17) is 0 Å². The number of aryl methyl sites for hydroxylation is 1. The Morgan fingerprint density at radius 1 is 0.862 bits per heavy atom. The van der Waals surface area contributed by atoms with Gasteiger partial charge < -0.3 is 9.80 Å². The number of piperazine rings is 1. The van der Waals surface area contributed by atoms with Gasteiger partial charge in [0.2, 0.25) is 5.91 Å². The standard InChI is InChI=1S/C25H24N2O2/c1-18-12-14-21(15-13-18)25(29)26-16-17-27(24(28)19(26)2)23-11-7-6-10-22(23)20-8-4-3-5-9-20/h3-15,19H,16-17H2,1-2H3/t19-/m0/s1. The van der Waals surface area contributed by atoms with Crippen molar-refractivity contribution in [3.8, 4) is 11.1 Å². The van der Waals surface area contributed by atoms with Gasteiger partial charge in [0.25, 0.3) is 5.91 Å². The Hall–Kier alpha value is -3.40. The normalized spacial score (nSPS) is 16.8. The summed E-state index contributed by atoms with van der Waals surface area (Å²) in [5.74, 6) is -0.151. The number of para-hydroxylation sites is 1. The number of anilines is 1. The van der Waals surface area contributed by atoms with Crippen molar-refractivity contribution < 1.29 is 9.59 Å². The summed E-state index contributed by atoms with van der Waals surface area (Å²) in [7, 11) is 0. The molecule has 3 aromatic rings. The van der Waals surface area contributed by atoms with Gasteiger partial charge in [-0.3, -0.25) is 9.59 Å². The van der Waals surface area contributed by atoms with Crippen molar-refractivity contribution >= 4 is 17.5 Å². The fourth-order valence-electron chi connectivity index (χ4n) is 3.82. The zero-order chi connectivity index (χ0) is 20.4. The van der Waals surface area contributed by atoms with Gasteiger partial charge in [0.15, 0.2) is 0 Å². The average Bonchev–Trinajstić information content (AvgIpc) is 2.76. The first-order valence-electron chi connectivity index (χ1n) is 9.90. The summed E-state index contributed by atoms with van der Waals surface area (Å²) in [6, 6.07) is 25.0. The van der Waals surface area contributed by atoms with Crippen LogP contribution in [0.4, 0.5) is 5.69 Å². The molecule has 0 N–H and O–H groups in total. The summed E-state index contributed by atoms with van der Waals surface area (Å²) in [6.45, 7) is 4.78. The molecule has 1 heterocycles. The molecule has 29 heavy (non-hydrogen) atoms. The van der Waals surface area contributed by atoms with Crippen molar-refractivity contribution in [1.29, 1.82) is 0 Å². The number of nitrogens with zero attached hydrogens (tertiary/aromatic N) is 2. The van der Waals surface area contributed by atoms with Crippen LogP contribution in [-0.4, -0.2) is 35.8 Å². The van der Waals surface area contributed by atoms with E-state index >= 15 is 0 Å². The molecule has 0 aliphatic carbocycles. The molecule has 1 fully saturated rings. The highest BCUT2D eigenvalue weighted by Crippen LogP contribution is 2.32. The molecule has 1 aliphatic rings. The molecule has 0 spiro atoms. The van der Waals surface area contributed by atoms with Gasteiger partial charge in [0.05, 0.1) is 5.69 Å². The van der Waals surface area contributed by atoms with Crippen LogP contribution in [0.5, 0.6) is 0 Å². The third-order valence-corrected chi connectivity index (χ3v) is 5.49. The maximum atomic E-state index is 13.2. The van der Waals surface area contributed by atoms with Crippen molar-refractivity contribution in [2.75, 3.05) is 18.0 Å². The van der Waals surface area contributed by atoms with Crippen LogP contribution in [0, 0.1) is 6.92 Å². The number of hydrogen-bond donors (Lipinski definition) is 0. The molecule has 4 heteroatoms. The molecule has 0 bridgehead atoms. The van der Waals surface area contributed by atoms with E-state index in [-0.39, 0.29) is 11.8 Å². The van der Waals surface area contributed by atoms with E-state index in [0.717, 1.165) is 22.4 Å². The van der Waals surface area contributed by atoms with Crippen LogP contribution >= 0.6 is 0 Å². The van der Waals surface area contributed by atoms with Crippen molar-refractivity contribution in [2.24, 2.45) is 0 Å². The number of hydrogen-bond acceptors (Lipinski definition) is 2. The lowest BCUT2D eigenvalue weighted by Crippen LogP contribution is -2.57. The summed E-state index contributed by atoms with van der Waals surface area (Å²) in [4.78, 5) is 29.7. The summed E-state index contributed by atoms with van der Waals surface area (Å²) < 4.78 is 0. The third-order valence-electron chi connectivity index (χ3n) is 5.49. The quantitative estimate of drug-likeness (QED) is 0.665. The van der Waals surface area contributed by atoms with Crippen LogP contribution in [0.1, 0.15) is 22.8 Å². The predicted molar refractivity (Wildman–Crippen MR) is 116 cm³/mol. The molecule has 0 radical (unpaired) electrons. The van der Waals surface area contributed by atoms with E-state index in [9.17, 15) is 9.59 Å².